The van der Waals surface area contributed by atoms with Gasteiger partial charge < -0.3 is 10.1 Å². The van der Waals surface area contributed by atoms with Crippen molar-refractivity contribution in [2.75, 3.05) is 11.9 Å². The van der Waals surface area contributed by atoms with Crippen molar-refractivity contribution in [2.24, 2.45) is 0 Å². The van der Waals surface area contributed by atoms with Gasteiger partial charge in [0.05, 0.1) is 10.5 Å². The Hall–Kier alpha value is -3.26. The van der Waals surface area contributed by atoms with Crippen molar-refractivity contribution in [1.29, 1.82) is 0 Å². The highest BCUT2D eigenvalue weighted by Gasteiger charge is 2.28. The molecule has 0 aliphatic heterocycles. The molecule has 30 heavy (non-hydrogen) atoms. The minimum absolute atomic E-state index is 0.0962. The first-order valence-electron chi connectivity index (χ1n) is 9.67. The highest BCUT2D eigenvalue weighted by Crippen LogP contribution is 2.37. The number of fused-ring (bicyclic) bond motifs is 1. The number of hydrogen-bond donors (Lipinski definition) is 1. The van der Waals surface area contributed by atoms with Crippen LogP contribution >= 0.6 is 15.9 Å². The summed E-state index contributed by atoms with van der Waals surface area (Å²) in [6.45, 7) is -0.0962. The van der Waals surface area contributed by atoms with Crippen molar-refractivity contribution in [1.82, 2.24) is 20.2 Å². The molecule has 0 radical (unpaired) electrons. The monoisotopic (exact) mass is 463 g/mol. The molecule has 1 fully saturated rings. The number of carbonyl (C=O) groups excluding carboxylic acids is 1. The van der Waals surface area contributed by atoms with E-state index in [-0.39, 0.29) is 12.5 Å². The van der Waals surface area contributed by atoms with E-state index in [1.54, 1.807) is 0 Å². The molecule has 1 heterocycles. The summed E-state index contributed by atoms with van der Waals surface area (Å²) >= 11 is 3.58. The molecule has 1 N–H and O–H groups in total. The van der Waals surface area contributed by atoms with Crippen molar-refractivity contribution in [2.45, 2.75) is 18.9 Å². The Kier molecular flexibility index (Phi) is 4.92. The van der Waals surface area contributed by atoms with Gasteiger partial charge in [0.25, 0.3) is 5.91 Å². The zero-order valence-electron chi connectivity index (χ0n) is 16.0. The lowest BCUT2D eigenvalue weighted by atomic mass is 10.1. The van der Waals surface area contributed by atoms with Crippen LogP contribution in [0.25, 0.3) is 22.2 Å². The number of hydrogen-bond acceptors (Lipinski definition) is 5. The van der Waals surface area contributed by atoms with Crippen molar-refractivity contribution < 1.29 is 9.53 Å². The largest absolute Gasteiger partial charge is 0.483 e. The normalized spacial score (nSPS) is 13.4. The standard InChI is InChI=1S/C22H18BrN5O2/c23-21-18-7-2-1-4-14(18)8-11-19(21)30-13-20(29)24-16-6-3-5-15(12-16)22-25-26-27-28(22)17-9-10-17/h1-8,11-12,17H,9-10,13H2,(H,24,29). The van der Waals surface area contributed by atoms with Gasteiger partial charge in [-0.05, 0) is 68.2 Å². The molecule has 1 aliphatic rings. The van der Waals surface area contributed by atoms with E-state index in [1.165, 1.54) is 0 Å². The molecule has 0 bridgehead atoms. The van der Waals surface area contributed by atoms with E-state index in [9.17, 15) is 4.79 Å². The second-order valence-corrected chi connectivity index (χ2v) is 7.99. The number of amides is 1. The first kappa shape index (κ1) is 18.7. The second-order valence-electron chi connectivity index (χ2n) is 7.19. The first-order valence-corrected chi connectivity index (χ1v) is 10.5. The third kappa shape index (κ3) is 3.78. The molecular formula is C22H18BrN5O2. The Balaban J connectivity index is 1.27. The number of anilines is 1. The van der Waals surface area contributed by atoms with E-state index in [2.05, 4.69) is 36.8 Å². The van der Waals surface area contributed by atoms with E-state index in [0.29, 0.717) is 23.3 Å². The second kappa shape index (κ2) is 7.87. The van der Waals surface area contributed by atoms with Gasteiger partial charge >= 0.3 is 0 Å². The summed E-state index contributed by atoms with van der Waals surface area (Å²) in [6.07, 6.45) is 2.19. The topological polar surface area (TPSA) is 81.9 Å². The number of carbonyl (C=O) groups is 1. The molecule has 0 atom stereocenters. The highest BCUT2D eigenvalue weighted by molar-refractivity contribution is 9.10. The lowest BCUT2D eigenvalue weighted by Gasteiger charge is -2.11. The van der Waals surface area contributed by atoms with Crippen LogP contribution in [0.1, 0.15) is 18.9 Å². The maximum Gasteiger partial charge on any atom is 0.262 e. The molecule has 0 unspecified atom stereocenters. The number of aromatic nitrogens is 4. The van der Waals surface area contributed by atoms with Crippen LogP contribution in [0.5, 0.6) is 5.75 Å². The van der Waals surface area contributed by atoms with Gasteiger partial charge in [0, 0.05) is 11.3 Å². The Morgan fingerprint density at radius 3 is 2.87 bits per heavy atom. The van der Waals surface area contributed by atoms with Crippen molar-refractivity contribution >= 4 is 38.3 Å². The molecule has 8 heteroatoms. The average molecular weight is 464 g/mol. The molecule has 0 saturated heterocycles. The van der Waals surface area contributed by atoms with Crippen molar-refractivity contribution in [3.63, 3.8) is 0 Å². The molecule has 5 rings (SSSR count). The van der Waals surface area contributed by atoms with Gasteiger partial charge in [-0.15, -0.1) is 5.10 Å². The third-order valence-corrected chi connectivity index (χ3v) is 5.79. The predicted molar refractivity (Wildman–Crippen MR) is 117 cm³/mol. The van der Waals surface area contributed by atoms with Crippen molar-refractivity contribution in [3.05, 3.63) is 65.1 Å². The lowest BCUT2D eigenvalue weighted by molar-refractivity contribution is -0.118. The van der Waals surface area contributed by atoms with Crippen LogP contribution in [0.15, 0.2) is 65.1 Å². The Morgan fingerprint density at radius 1 is 1.13 bits per heavy atom. The fourth-order valence-electron chi connectivity index (χ4n) is 3.35. The summed E-state index contributed by atoms with van der Waals surface area (Å²) in [5.74, 6) is 1.10. The van der Waals surface area contributed by atoms with Crippen LogP contribution in [-0.2, 0) is 4.79 Å². The predicted octanol–water partition coefficient (Wildman–Crippen LogP) is 4.61. The van der Waals surface area contributed by atoms with Crippen LogP contribution in [0.3, 0.4) is 0 Å². The van der Waals surface area contributed by atoms with E-state index >= 15 is 0 Å². The maximum absolute atomic E-state index is 12.4. The van der Waals surface area contributed by atoms with Crippen LogP contribution in [0.2, 0.25) is 0 Å². The van der Waals surface area contributed by atoms with Gasteiger partial charge in [-0.25, -0.2) is 4.68 Å². The number of nitrogens with zero attached hydrogens (tertiary/aromatic N) is 4. The average Bonchev–Trinajstić information content (AvgIpc) is 3.50. The van der Waals surface area contributed by atoms with E-state index in [4.69, 9.17) is 4.74 Å². The maximum atomic E-state index is 12.4. The van der Waals surface area contributed by atoms with E-state index in [1.807, 2.05) is 65.3 Å². The van der Waals surface area contributed by atoms with Gasteiger partial charge in [0.1, 0.15) is 5.75 Å². The zero-order valence-corrected chi connectivity index (χ0v) is 17.5. The van der Waals surface area contributed by atoms with E-state index < -0.39 is 0 Å². The summed E-state index contributed by atoms with van der Waals surface area (Å²) in [5.41, 5.74) is 1.53. The molecule has 7 nitrogen and oxygen atoms in total. The molecule has 3 aromatic carbocycles. The summed E-state index contributed by atoms with van der Waals surface area (Å²) in [5, 5.41) is 17.0. The Bertz CT molecular complexity index is 1240. The quantitative estimate of drug-likeness (QED) is 0.451. The number of rotatable bonds is 6. The lowest BCUT2D eigenvalue weighted by Crippen LogP contribution is -2.20. The molecule has 1 aliphatic carbocycles. The number of benzene rings is 3. The smallest absolute Gasteiger partial charge is 0.262 e. The number of halogens is 1. The number of nitrogens with one attached hydrogen (secondary N) is 1. The number of ether oxygens (including phenoxy) is 1. The van der Waals surface area contributed by atoms with Gasteiger partial charge in [-0.2, -0.15) is 0 Å². The zero-order chi connectivity index (χ0) is 20.5. The molecular weight excluding hydrogens is 446 g/mol. The molecule has 4 aromatic rings. The van der Waals surface area contributed by atoms with Crippen LogP contribution < -0.4 is 10.1 Å². The van der Waals surface area contributed by atoms with Crippen LogP contribution in [-0.4, -0.2) is 32.7 Å². The SMILES string of the molecule is O=C(COc1ccc2ccccc2c1Br)Nc1cccc(-c2nnnn2C2CC2)c1. The summed E-state index contributed by atoms with van der Waals surface area (Å²) in [4.78, 5) is 12.4. The third-order valence-electron chi connectivity index (χ3n) is 4.98. The molecule has 150 valence electrons. The summed E-state index contributed by atoms with van der Waals surface area (Å²) in [6, 6.07) is 19.7. The van der Waals surface area contributed by atoms with Crippen LogP contribution in [0, 0.1) is 0 Å². The van der Waals surface area contributed by atoms with Crippen LogP contribution in [0.4, 0.5) is 5.69 Å². The minimum atomic E-state index is -0.242. The molecule has 0 spiro atoms. The minimum Gasteiger partial charge on any atom is -0.483 e. The van der Waals surface area contributed by atoms with Gasteiger partial charge in [0.15, 0.2) is 12.4 Å². The van der Waals surface area contributed by atoms with E-state index in [0.717, 1.165) is 33.7 Å². The molecule has 1 amide bonds. The first-order chi connectivity index (χ1) is 14.7. The Morgan fingerprint density at radius 2 is 2.00 bits per heavy atom. The fraction of sp³-hybridized carbons (Fsp3) is 0.182. The Labute approximate surface area is 181 Å². The summed E-state index contributed by atoms with van der Waals surface area (Å²) in [7, 11) is 0. The van der Waals surface area contributed by atoms with Gasteiger partial charge in [-0.1, -0.05) is 42.5 Å². The van der Waals surface area contributed by atoms with Gasteiger partial charge in [0.2, 0.25) is 0 Å². The van der Waals surface area contributed by atoms with Gasteiger partial charge in [-0.3, -0.25) is 4.79 Å². The van der Waals surface area contributed by atoms with Crippen molar-refractivity contribution in [3.8, 4) is 17.1 Å². The highest BCUT2D eigenvalue weighted by atomic mass is 79.9. The molecule has 1 aromatic heterocycles. The fourth-order valence-corrected chi connectivity index (χ4v) is 3.96. The number of tetrazole rings is 1. The molecule has 1 saturated carbocycles. The summed E-state index contributed by atoms with van der Waals surface area (Å²) < 4.78 is 8.43.